The molecule has 1 N–H and O–H groups in total. The van der Waals surface area contributed by atoms with Gasteiger partial charge in [-0.2, -0.15) is 4.31 Å². The van der Waals surface area contributed by atoms with E-state index < -0.39 is 20.3 Å². The summed E-state index contributed by atoms with van der Waals surface area (Å²) < 4.78 is 25.9. The number of carbonyl (C=O) groups excluding carboxylic acids is 1. The molecule has 0 atom stereocenters. The minimum absolute atomic E-state index is 0.106. The number of halogens is 2. The molecule has 0 spiro atoms. The van der Waals surface area contributed by atoms with E-state index in [0.717, 1.165) is 19.3 Å². The molecule has 8 heteroatoms. The van der Waals surface area contributed by atoms with Crippen molar-refractivity contribution >= 4 is 44.8 Å². The fourth-order valence-electron chi connectivity index (χ4n) is 3.83. The summed E-state index contributed by atoms with van der Waals surface area (Å²) in [5.41, 5.74) is 2.00. The quantitative estimate of drug-likeness (QED) is 0.735. The molecule has 2 aromatic carbocycles. The highest BCUT2D eigenvalue weighted by molar-refractivity contribution is 7.89. The molecule has 1 fully saturated rings. The highest BCUT2D eigenvalue weighted by Gasteiger charge is 2.44. The van der Waals surface area contributed by atoms with Crippen molar-refractivity contribution in [1.29, 1.82) is 0 Å². The lowest BCUT2D eigenvalue weighted by atomic mass is 9.91. The second-order valence-electron chi connectivity index (χ2n) is 7.27. The van der Waals surface area contributed by atoms with E-state index in [1.54, 1.807) is 0 Å². The maximum atomic E-state index is 13.1. The fraction of sp³-hybridized carbons (Fsp3) is 0.350. The zero-order valence-corrected chi connectivity index (χ0v) is 17.4. The number of nitrogens with one attached hydrogen (secondary N) is 1. The molecular weight excluding hydrogens is 419 g/mol. The first-order chi connectivity index (χ1) is 13.3. The van der Waals surface area contributed by atoms with Gasteiger partial charge in [-0.1, -0.05) is 53.5 Å². The van der Waals surface area contributed by atoms with Gasteiger partial charge in [0.25, 0.3) is 5.91 Å². The summed E-state index contributed by atoms with van der Waals surface area (Å²) in [6, 6.07) is 14.7. The summed E-state index contributed by atoms with van der Waals surface area (Å²) in [5, 5.41) is 2.56. The second kappa shape index (κ2) is 7.34. The van der Waals surface area contributed by atoms with Crippen molar-refractivity contribution in [2.75, 3.05) is 18.4 Å². The van der Waals surface area contributed by atoms with E-state index in [0.29, 0.717) is 24.7 Å². The number of carbonyl (C=O) groups is 1. The fourth-order valence-corrected chi connectivity index (χ4v) is 5.73. The number of benzene rings is 2. The third-order valence-electron chi connectivity index (χ3n) is 5.44. The van der Waals surface area contributed by atoms with Crippen LogP contribution in [0.15, 0.2) is 53.4 Å². The standard InChI is InChI=1S/C20H20Cl2N2O3S/c21-20(22)17-13-16(6-7-18(17)23-19(20)25)28(26,27)24-10-8-15(9-11-24)12-14-4-2-1-3-5-14/h1-7,13,15H,8-12H2,(H,23,25). The van der Waals surface area contributed by atoms with Gasteiger partial charge < -0.3 is 5.32 Å². The van der Waals surface area contributed by atoms with Crippen molar-refractivity contribution in [2.24, 2.45) is 5.92 Å². The Morgan fingerprint density at radius 2 is 1.75 bits per heavy atom. The molecule has 2 aliphatic rings. The first kappa shape index (κ1) is 19.7. The van der Waals surface area contributed by atoms with Crippen LogP contribution in [0, 0.1) is 5.92 Å². The molecular formula is C20H20Cl2N2O3S. The Balaban J connectivity index is 1.48. The minimum atomic E-state index is -3.67. The van der Waals surface area contributed by atoms with Crippen LogP contribution >= 0.6 is 23.2 Å². The van der Waals surface area contributed by atoms with Gasteiger partial charge in [0.05, 0.1) is 4.90 Å². The van der Waals surface area contributed by atoms with Crippen molar-refractivity contribution < 1.29 is 13.2 Å². The van der Waals surface area contributed by atoms with Gasteiger partial charge in [0, 0.05) is 24.3 Å². The average molecular weight is 439 g/mol. The molecule has 2 aromatic rings. The van der Waals surface area contributed by atoms with Gasteiger partial charge >= 0.3 is 0 Å². The number of hydrogen-bond donors (Lipinski definition) is 1. The molecule has 1 amide bonds. The summed E-state index contributed by atoms with van der Waals surface area (Å²) in [6.45, 7) is 0.946. The Morgan fingerprint density at radius 3 is 2.43 bits per heavy atom. The number of nitrogens with zero attached hydrogens (tertiary/aromatic N) is 1. The highest BCUT2D eigenvalue weighted by Crippen LogP contribution is 2.45. The summed E-state index contributed by atoms with van der Waals surface area (Å²) in [4.78, 5) is 12.0. The predicted molar refractivity (Wildman–Crippen MR) is 110 cm³/mol. The van der Waals surface area contributed by atoms with E-state index in [1.807, 2.05) is 18.2 Å². The van der Waals surface area contributed by atoms with Crippen LogP contribution in [0.2, 0.25) is 0 Å². The Hall–Kier alpha value is -1.60. The van der Waals surface area contributed by atoms with Gasteiger partial charge in [0.15, 0.2) is 0 Å². The van der Waals surface area contributed by atoms with Crippen LogP contribution in [0.1, 0.15) is 24.0 Å². The van der Waals surface area contributed by atoms with Crippen molar-refractivity contribution in [3.8, 4) is 0 Å². The largest absolute Gasteiger partial charge is 0.323 e. The van der Waals surface area contributed by atoms with Gasteiger partial charge in [-0.3, -0.25) is 4.79 Å². The molecule has 5 nitrogen and oxygen atoms in total. The Kier molecular flexibility index (Phi) is 5.16. The molecule has 148 valence electrons. The summed E-state index contributed by atoms with van der Waals surface area (Å²) in [6.07, 6.45) is 2.59. The van der Waals surface area contributed by atoms with E-state index in [1.165, 1.54) is 28.1 Å². The predicted octanol–water partition coefficient (Wildman–Crippen LogP) is 3.91. The van der Waals surface area contributed by atoms with Crippen LogP contribution in [0.4, 0.5) is 5.69 Å². The SMILES string of the molecule is O=C1Nc2ccc(S(=O)(=O)N3CCC(Cc4ccccc4)CC3)cc2C1(Cl)Cl. The third-order valence-corrected chi connectivity index (χ3v) is 8.09. The molecule has 1 saturated heterocycles. The van der Waals surface area contributed by atoms with Crippen LogP contribution in [-0.4, -0.2) is 31.7 Å². The number of hydrogen-bond acceptors (Lipinski definition) is 3. The molecule has 0 aromatic heterocycles. The zero-order chi connectivity index (χ0) is 19.9. The van der Waals surface area contributed by atoms with E-state index in [4.69, 9.17) is 23.2 Å². The Labute approximate surface area is 174 Å². The first-order valence-electron chi connectivity index (χ1n) is 9.16. The highest BCUT2D eigenvalue weighted by atomic mass is 35.5. The van der Waals surface area contributed by atoms with E-state index in [2.05, 4.69) is 17.4 Å². The number of rotatable bonds is 4. The van der Waals surface area contributed by atoms with E-state index in [-0.39, 0.29) is 10.5 Å². The number of sulfonamides is 1. The molecule has 2 heterocycles. The minimum Gasteiger partial charge on any atom is -0.323 e. The van der Waals surface area contributed by atoms with Crippen LogP contribution in [0.5, 0.6) is 0 Å². The van der Waals surface area contributed by atoms with Crippen LogP contribution in [0.3, 0.4) is 0 Å². The lowest BCUT2D eigenvalue weighted by molar-refractivity contribution is -0.116. The lowest BCUT2D eigenvalue weighted by Gasteiger charge is -2.31. The number of alkyl halides is 2. The molecule has 28 heavy (non-hydrogen) atoms. The van der Waals surface area contributed by atoms with Gasteiger partial charge in [0.2, 0.25) is 14.4 Å². The Morgan fingerprint density at radius 1 is 1.07 bits per heavy atom. The number of anilines is 1. The number of amides is 1. The van der Waals surface area contributed by atoms with Gasteiger partial charge in [-0.25, -0.2) is 8.42 Å². The molecule has 2 aliphatic heterocycles. The Bertz CT molecular complexity index is 1000. The van der Waals surface area contributed by atoms with Crippen molar-refractivity contribution in [3.63, 3.8) is 0 Å². The first-order valence-corrected chi connectivity index (χ1v) is 11.4. The lowest BCUT2D eigenvalue weighted by Crippen LogP contribution is -2.38. The molecule has 0 aliphatic carbocycles. The van der Waals surface area contributed by atoms with Gasteiger partial charge in [-0.15, -0.1) is 0 Å². The zero-order valence-electron chi connectivity index (χ0n) is 15.1. The maximum absolute atomic E-state index is 13.1. The van der Waals surface area contributed by atoms with Gasteiger partial charge in [0.1, 0.15) is 0 Å². The topological polar surface area (TPSA) is 66.5 Å². The van der Waals surface area contributed by atoms with E-state index >= 15 is 0 Å². The third kappa shape index (κ3) is 3.54. The van der Waals surface area contributed by atoms with Crippen molar-refractivity contribution in [3.05, 3.63) is 59.7 Å². The van der Waals surface area contributed by atoms with Crippen LogP contribution in [-0.2, 0) is 25.6 Å². The maximum Gasteiger partial charge on any atom is 0.265 e. The van der Waals surface area contributed by atoms with Gasteiger partial charge in [-0.05, 0) is 48.9 Å². The average Bonchev–Trinajstić information content (AvgIpc) is 2.91. The molecule has 0 unspecified atom stereocenters. The second-order valence-corrected chi connectivity index (χ2v) is 10.5. The number of piperidine rings is 1. The monoisotopic (exact) mass is 438 g/mol. The van der Waals surface area contributed by atoms with Crippen LogP contribution in [0.25, 0.3) is 0 Å². The normalized spacial score (nSPS) is 20.0. The van der Waals surface area contributed by atoms with Crippen molar-refractivity contribution in [1.82, 2.24) is 4.31 Å². The molecule has 0 bridgehead atoms. The number of fused-ring (bicyclic) bond motifs is 1. The molecule has 4 rings (SSSR count). The molecule has 0 radical (unpaired) electrons. The smallest absolute Gasteiger partial charge is 0.265 e. The van der Waals surface area contributed by atoms with Crippen molar-refractivity contribution in [2.45, 2.75) is 28.5 Å². The molecule has 0 saturated carbocycles. The summed E-state index contributed by atoms with van der Waals surface area (Å²) in [7, 11) is -3.67. The summed E-state index contributed by atoms with van der Waals surface area (Å²) in [5.74, 6) is -0.101. The van der Waals surface area contributed by atoms with E-state index in [9.17, 15) is 13.2 Å². The summed E-state index contributed by atoms with van der Waals surface area (Å²) >= 11 is 12.2. The van der Waals surface area contributed by atoms with Crippen LogP contribution < -0.4 is 5.32 Å².